The molecule has 51 heavy (non-hydrogen) atoms. The smallest absolute Gasteiger partial charge is 0.408 e. The van der Waals surface area contributed by atoms with E-state index in [1.165, 1.54) is 7.11 Å². The quantitative estimate of drug-likeness (QED) is 0.134. The average molecular weight is 739 g/mol. The lowest BCUT2D eigenvalue weighted by molar-refractivity contribution is -0.159. The van der Waals surface area contributed by atoms with Gasteiger partial charge in [0.05, 0.1) is 19.1 Å². The molecule has 0 radical (unpaired) electrons. The van der Waals surface area contributed by atoms with Crippen molar-refractivity contribution < 1.29 is 43.2 Å². The van der Waals surface area contributed by atoms with Crippen LogP contribution < -0.4 is 14.8 Å². The first-order valence-electron chi connectivity index (χ1n) is 18.1. The van der Waals surface area contributed by atoms with Crippen LogP contribution in [0.1, 0.15) is 125 Å². The van der Waals surface area contributed by atoms with Crippen LogP contribution in [0.5, 0.6) is 11.5 Å². The van der Waals surface area contributed by atoms with Crippen molar-refractivity contribution in [1.29, 1.82) is 0 Å². The number of nitrogens with one attached hydrogen (secondary N) is 1. The van der Waals surface area contributed by atoms with Crippen molar-refractivity contribution >= 4 is 35.6 Å². The third-order valence-electron chi connectivity index (χ3n) is 8.62. The minimum absolute atomic E-state index is 0.0414. The number of fused-ring (bicyclic) bond motifs is 1. The van der Waals surface area contributed by atoms with Gasteiger partial charge >= 0.3 is 18.0 Å². The summed E-state index contributed by atoms with van der Waals surface area (Å²) >= 11 is 1.75. The Balaban J connectivity index is 0.00000418. The van der Waals surface area contributed by atoms with Gasteiger partial charge in [0.15, 0.2) is 11.5 Å². The molecule has 1 amide bonds. The van der Waals surface area contributed by atoms with Crippen LogP contribution in [0.3, 0.4) is 0 Å². The fraction of sp³-hybridized carbons (Fsp3) is 0.744. The molecule has 2 rings (SSSR count). The Morgan fingerprint density at radius 1 is 1.00 bits per heavy atom. The summed E-state index contributed by atoms with van der Waals surface area (Å²) in [6, 6.07) is 2.09. The van der Waals surface area contributed by atoms with Crippen LogP contribution in [0.15, 0.2) is 12.1 Å². The maximum Gasteiger partial charge on any atom is 0.408 e. The third kappa shape index (κ3) is 14.6. The molecule has 0 heterocycles. The normalized spacial score (nSPS) is 19.2. The maximum atomic E-state index is 13.5. The predicted molar refractivity (Wildman–Crippen MR) is 204 cm³/mol. The van der Waals surface area contributed by atoms with E-state index in [1.54, 1.807) is 66.3 Å². The minimum atomic E-state index is -1.39. The summed E-state index contributed by atoms with van der Waals surface area (Å²) in [6.45, 7) is 17.5. The van der Waals surface area contributed by atoms with Crippen LogP contribution in [0, 0.1) is 0 Å². The van der Waals surface area contributed by atoms with Crippen LogP contribution in [-0.4, -0.2) is 96.4 Å². The second kappa shape index (κ2) is 20.4. The van der Waals surface area contributed by atoms with Crippen LogP contribution in [0.25, 0.3) is 0 Å². The van der Waals surface area contributed by atoms with Crippen LogP contribution >= 0.6 is 11.8 Å². The molecule has 3 atom stereocenters. The Labute approximate surface area is 311 Å². The number of methoxy groups -OCH3 is 1. The van der Waals surface area contributed by atoms with Crippen molar-refractivity contribution in [2.45, 2.75) is 148 Å². The average Bonchev–Trinajstić information content (AvgIpc) is 2.99. The topological polar surface area (TPSA) is 141 Å². The number of Topliss-reactive ketones (excluding diaryl/α,β-unsaturated/α-hetero) is 1. The molecule has 11 nitrogen and oxygen atoms in total. The van der Waals surface area contributed by atoms with Gasteiger partial charge in [-0.25, -0.2) is 9.59 Å². The van der Waals surface area contributed by atoms with Crippen LogP contribution in [0.2, 0.25) is 0 Å². The van der Waals surface area contributed by atoms with Gasteiger partial charge in [-0.15, -0.1) is 0 Å². The Morgan fingerprint density at radius 2 is 1.61 bits per heavy atom. The molecule has 1 aromatic rings. The van der Waals surface area contributed by atoms with Gasteiger partial charge in [0.1, 0.15) is 23.0 Å². The van der Waals surface area contributed by atoms with Crippen molar-refractivity contribution in [3.63, 3.8) is 0 Å². The number of hydrogen-bond acceptors (Lipinski definition) is 11. The molecule has 0 fully saturated rings. The number of unbranched alkanes of at least 4 members (excludes halogenated alkanes) is 1. The molecule has 0 saturated heterocycles. The van der Waals surface area contributed by atoms with Crippen molar-refractivity contribution in [3.05, 3.63) is 23.3 Å². The molecular weight excluding hydrogens is 673 g/mol. The summed E-state index contributed by atoms with van der Waals surface area (Å²) in [6.07, 6.45) is 7.39. The number of ether oxygens (including phenoxy) is 4. The summed E-state index contributed by atoms with van der Waals surface area (Å²) in [5.41, 5.74) is -2.41. The largest absolute Gasteiger partial charge is 0.493 e. The molecule has 3 unspecified atom stereocenters. The summed E-state index contributed by atoms with van der Waals surface area (Å²) < 4.78 is 22.6. The molecule has 0 spiro atoms. The standard InChI is InChI=1S/C37H60N2O9.C2H6S/c1-12-14-21-39(10)22-20-37(24-26(40)15-13-2)30-25(18-19-36(37,9)44)16-17-28(31(30)45-11)46-29(41)23-27(32(42)47-34(3,4)5)38-33(43)48-35(6,7)8;1-3-2/h16-17,27,44H,12-15,18-24H2,1-11H3,(H,38,43);1-2H3. The SMILES string of the molecule is CCCCN(C)CCC1(CC(=O)CCC)c2c(ccc(OC(=O)CC(NC(=O)OC(C)(C)C)C(=O)OC(C)(C)C)c2OC)CCC1(C)O.CSC. The number of ketones is 1. The number of nitrogens with zero attached hydrogens (tertiary/aromatic N) is 1. The molecule has 2 N–H and O–H groups in total. The zero-order valence-corrected chi connectivity index (χ0v) is 34.4. The van der Waals surface area contributed by atoms with Gasteiger partial charge in [-0.2, -0.15) is 11.8 Å². The number of amides is 1. The first-order chi connectivity index (χ1) is 23.6. The highest BCUT2D eigenvalue weighted by molar-refractivity contribution is 7.97. The van der Waals surface area contributed by atoms with E-state index in [4.69, 9.17) is 18.9 Å². The molecule has 0 aromatic heterocycles. The number of esters is 2. The van der Waals surface area contributed by atoms with Crippen molar-refractivity contribution in [2.24, 2.45) is 0 Å². The van der Waals surface area contributed by atoms with E-state index in [2.05, 4.69) is 17.1 Å². The van der Waals surface area contributed by atoms with Crippen molar-refractivity contribution in [2.75, 3.05) is 39.8 Å². The molecule has 0 aliphatic heterocycles. The van der Waals surface area contributed by atoms with E-state index in [1.807, 2.05) is 32.5 Å². The number of carbonyl (C=O) groups is 4. The second-order valence-corrected chi connectivity index (χ2v) is 16.5. The number of rotatable bonds is 16. The fourth-order valence-corrected chi connectivity index (χ4v) is 6.24. The first kappa shape index (κ1) is 46.2. The Bertz CT molecular complexity index is 1300. The van der Waals surface area contributed by atoms with E-state index in [-0.39, 0.29) is 23.7 Å². The lowest BCUT2D eigenvalue weighted by Crippen LogP contribution is -2.55. The number of alkyl carbamates (subject to hydrolysis) is 1. The van der Waals surface area contributed by atoms with Gasteiger partial charge < -0.3 is 34.3 Å². The number of hydrogen-bond donors (Lipinski definition) is 2. The highest BCUT2D eigenvalue weighted by atomic mass is 32.2. The van der Waals surface area contributed by atoms with Gasteiger partial charge in [0.2, 0.25) is 0 Å². The first-order valence-corrected chi connectivity index (χ1v) is 19.7. The molecule has 0 bridgehead atoms. The summed E-state index contributed by atoms with van der Waals surface area (Å²) in [4.78, 5) is 54.8. The minimum Gasteiger partial charge on any atom is -0.493 e. The van der Waals surface area contributed by atoms with Gasteiger partial charge in [-0.1, -0.05) is 26.3 Å². The number of aryl methyl sites for hydroxylation is 1. The van der Waals surface area contributed by atoms with E-state index in [0.29, 0.717) is 44.2 Å². The Morgan fingerprint density at radius 3 is 2.14 bits per heavy atom. The lowest BCUT2D eigenvalue weighted by atomic mass is 9.56. The highest BCUT2D eigenvalue weighted by Gasteiger charge is 2.54. The molecule has 292 valence electrons. The number of carbonyl (C=O) groups excluding carboxylic acids is 4. The molecular formula is C39H66N2O9S. The Hall–Kier alpha value is -2.83. The summed E-state index contributed by atoms with van der Waals surface area (Å²) in [7, 11) is 3.51. The summed E-state index contributed by atoms with van der Waals surface area (Å²) in [5.74, 6) is -1.25. The molecule has 1 aromatic carbocycles. The maximum absolute atomic E-state index is 13.5. The van der Waals surface area contributed by atoms with Gasteiger partial charge in [-0.05, 0) is 125 Å². The van der Waals surface area contributed by atoms with Gasteiger partial charge in [0, 0.05) is 23.8 Å². The number of thioether (sulfide) groups is 1. The van der Waals surface area contributed by atoms with E-state index in [9.17, 15) is 24.3 Å². The van der Waals surface area contributed by atoms with E-state index >= 15 is 0 Å². The third-order valence-corrected chi connectivity index (χ3v) is 8.62. The van der Waals surface area contributed by atoms with Gasteiger partial charge in [0.25, 0.3) is 0 Å². The highest BCUT2D eigenvalue weighted by Crippen LogP contribution is 2.55. The zero-order chi connectivity index (χ0) is 39.2. The molecule has 1 aliphatic carbocycles. The second-order valence-electron chi connectivity index (χ2n) is 15.7. The zero-order valence-electron chi connectivity index (χ0n) is 33.6. The Kier molecular flexibility index (Phi) is 18.5. The van der Waals surface area contributed by atoms with Crippen molar-refractivity contribution in [1.82, 2.24) is 10.2 Å². The van der Waals surface area contributed by atoms with E-state index < -0.39 is 52.7 Å². The lowest BCUT2D eigenvalue weighted by Gasteiger charge is -2.51. The molecule has 1 aliphatic rings. The fourth-order valence-electron chi connectivity index (χ4n) is 6.24. The molecule has 0 saturated carbocycles. The van der Waals surface area contributed by atoms with Gasteiger partial charge in [-0.3, -0.25) is 9.59 Å². The monoisotopic (exact) mass is 738 g/mol. The number of benzene rings is 1. The number of aliphatic hydroxyl groups is 1. The summed E-state index contributed by atoms with van der Waals surface area (Å²) in [5, 5.41) is 14.6. The van der Waals surface area contributed by atoms with Crippen LogP contribution in [0.4, 0.5) is 4.79 Å². The van der Waals surface area contributed by atoms with Crippen LogP contribution in [-0.2, 0) is 35.7 Å². The molecule has 12 heteroatoms. The van der Waals surface area contributed by atoms with E-state index in [0.717, 1.165) is 24.9 Å². The predicted octanol–water partition coefficient (Wildman–Crippen LogP) is 7.02. The van der Waals surface area contributed by atoms with Crippen molar-refractivity contribution in [3.8, 4) is 11.5 Å².